The fraction of sp³-hybridized carbons (Fsp3) is 0.0769. The molecule has 0 fully saturated rings. The fourth-order valence-electron chi connectivity index (χ4n) is 1.75. The van der Waals surface area contributed by atoms with E-state index in [1.807, 2.05) is 6.07 Å². The van der Waals surface area contributed by atoms with Gasteiger partial charge in [0.2, 0.25) is 5.82 Å². The van der Waals surface area contributed by atoms with Gasteiger partial charge in [-0.25, -0.2) is 9.37 Å². The smallest absolute Gasteiger partial charge is 0.311 e. The van der Waals surface area contributed by atoms with Crippen molar-refractivity contribution in [2.45, 2.75) is 0 Å². The second-order valence-electron chi connectivity index (χ2n) is 4.03. The van der Waals surface area contributed by atoms with Gasteiger partial charge in [-0.1, -0.05) is 0 Å². The molecule has 1 aromatic carbocycles. The van der Waals surface area contributed by atoms with Crippen molar-refractivity contribution in [1.29, 1.82) is 5.26 Å². The summed E-state index contributed by atoms with van der Waals surface area (Å²) in [5.41, 5.74) is -0.275. The number of nitro groups is 1. The average Bonchev–Trinajstić information content (AvgIpc) is 2.46. The summed E-state index contributed by atoms with van der Waals surface area (Å²) in [6, 6.07) is 6.59. The molecule has 7 nitrogen and oxygen atoms in total. The number of ether oxygens (including phenoxy) is 1. The monoisotopic (exact) mass is 366 g/mol. The van der Waals surface area contributed by atoms with Gasteiger partial charge in [0, 0.05) is 12.1 Å². The van der Waals surface area contributed by atoms with E-state index in [0.29, 0.717) is 4.60 Å². The molecule has 0 amide bonds. The lowest BCUT2D eigenvalue weighted by atomic mass is 10.1. The number of nitrogens with one attached hydrogen (secondary N) is 1. The van der Waals surface area contributed by atoms with Crippen LogP contribution in [-0.4, -0.2) is 17.0 Å². The van der Waals surface area contributed by atoms with Gasteiger partial charge in [-0.05, 0) is 28.1 Å². The number of hydrogen-bond donors (Lipinski definition) is 1. The number of halogens is 2. The zero-order valence-electron chi connectivity index (χ0n) is 11.1. The van der Waals surface area contributed by atoms with Crippen LogP contribution >= 0.6 is 15.9 Å². The van der Waals surface area contributed by atoms with E-state index >= 15 is 0 Å². The Kier molecular flexibility index (Phi) is 4.53. The van der Waals surface area contributed by atoms with E-state index in [1.165, 1.54) is 19.2 Å². The highest BCUT2D eigenvalue weighted by Gasteiger charge is 2.19. The molecular formula is C13H8BrFN4O3. The first-order valence-corrected chi connectivity index (χ1v) is 6.61. The first-order chi connectivity index (χ1) is 10.5. The van der Waals surface area contributed by atoms with Crippen LogP contribution < -0.4 is 10.1 Å². The molecular weight excluding hydrogens is 359 g/mol. The standard InChI is InChI=1S/C13H8BrFN4O3/c1-22-11-5-7(15)4-9(8(11)6-16)17-13-10(19(20)21)2-3-12(14)18-13/h2-5H,1H3,(H,17,18). The molecule has 2 aromatic rings. The van der Waals surface area contributed by atoms with Crippen molar-refractivity contribution >= 4 is 33.1 Å². The Hall–Kier alpha value is -2.73. The quantitative estimate of drug-likeness (QED) is 0.504. The molecule has 0 saturated heterocycles. The third kappa shape index (κ3) is 3.12. The van der Waals surface area contributed by atoms with Crippen molar-refractivity contribution < 1.29 is 14.1 Å². The molecule has 0 radical (unpaired) electrons. The molecule has 1 N–H and O–H groups in total. The number of nitriles is 1. The van der Waals surface area contributed by atoms with Crippen molar-refractivity contribution in [3.05, 3.63) is 50.4 Å². The van der Waals surface area contributed by atoms with E-state index in [4.69, 9.17) is 4.74 Å². The molecule has 0 saturated carbocycles. The van der Waals surface area contributed by atoms with E-state index < -0.39 is 10.7 Å². The third-order valence-electron chi connectivity index (χ3n) is 2.69. The molecule has 0 bridgehead atoms. The van der Waals surface area contributed by atoms with Gasteiger partial charge in [0.05, 0.1) is 17.7 Å². The van der Waals surface area contributed by atoms with Crippen LogP contribution in [0.3, 0.4) is 0 Å². The summed E-state index contributed by atoms with van der Waals surface area (Å²) in [7, 11) is 1.29. The molecule has 112 valence electrons. The summed E-state index contributed by atoms with van der Waals surface area (Å²) < 4.78 is 18.9. The minimum absolute atomic E-state index is 0.0139. The van der Waals surface area contributed by atoms with Crippen molar-refractivity contribution in [1.82, 2.24) is 4.98 Å². The molecule has 0 unspecified atom stereocenters. The number of hydrogen-bond acceptors (Lipinski definition) is 6. The summed E-state index contributed by atoms with van der Waals surface area (Å²) in [4.78, 5) is 14.3. The van der Waals surface area contributed by atoms with E-state index in [2.05, 4.69) is 26.2 Å². The summed E-state index contributed by atoms with van der Waals surface area (Å²) in [5.74, 6) is -0.762. The van der Waals surface area contributed by atoms with Crippen LogP contribution in [0.5, 0.6) is 5.75 Å². The first kappa shape index (κ1) is 15.7. The second kappa shape index (κ2) is 6.36. The lowest BCUT2D eigenvalue weighted by Gasteiger charge is -2.11. The van der Waals surface area contributed by atoms with Crippen LogP contribution in [0.1, 0.15) is 5.56 Å². The number of nitrogens with zero attached hydrogens (tertiary/aromatic N) is 3. The lowest BCUT2D eigenvalue weighted by molar-refractivity contribution is -0.384. The highest BCUT2D eigenvalue weighted by atomic mass is 79.9. The number of rotatable bonds is 4. The minimum Gasteiger partial charge on any atom is -0.495 e. The Balaban J connectivity index is 2.57. The normalized spacial score (nSPS) is 9.91. The second-order valence-corrected chi connectivity index (χ2v) is 4.84. The summed E-state index contributed by atoms with van der Waals surface area (Å²) in [5, 5.41) is 22.8. The van der Waals surface area contributed by atoms with Crippen LogP contribution in [0.2, 0.25) is 0 Å². The van der Waals surface area contributed by atoms with Gasteiger partial charge in [-0.15, -0.1) is 0 Å². The molecule has 22 heavy (non-hydrogen) atoms. The number of aromatic nitrogens is 1. The Morgan fingerprint density at radius 2 is 2.23 bits per heavy atom. The van der Waals surface area contributed by atoms with Crippen molar-refractivity contribution in [3.63, 3.8) is 0 Å². The van der Waals surface area contributed by atoms with Gasteiger partial charge in [-0.2, -0.15) is 5.26 Å². The Morgan fingerprint density at radius 3 is 2.82 bits per heavy atom. The van der Waals surface area contributed by atoms with E-state index in [-0.39, 0.29) is 28.5 Å². The van der Waals surface area contributed by atoms with Crippen LogP contribution in [0.4, 0.5) is 21.6 Å². The van der Waals surface area contributed by atoms with Gasteiger partial charge >= 0.3 is 5.69 Å². The Labute approximate surface area is 132 Å². The third-order valence-corrected chi connectivity index (χ3v) is 3.13. The predicted octanol–water partition coefficient (Wildman–Crippen LogP) is 3.52. The SMILES string of the molecule is COc1cc(F)cc(Nc2nc(Br)ccc2[N+](=O)[O-])c1C#N. The number of pyridine rings is 1. The molecule has 2 rings (SSSR count). The molecule has 0 aliphatic carbocycles. The van der Waals surface area contributed by atoms with Crippen LogP contribution in [-0.2, 0) is 0 Å². The van der Waals surface area contributed by atoms with Crippen molar-refractivity contribution in [3.8, 4) is 11.8 Å². The number of anilines is 2. The Morgan fingerprint density at radius 1 is 1.50 bits per heavy atom. The summed E-state index contributed by atoms with van der Waals surface area (Å²) in [6.45, 7) is 0. The maximum atomic E-state index is 13.6. The molecule has 9 heteroatoms. The van der Waals surface area contributed by atoms with Crippen molar-refractivity contribution in [2.75, 3.05) is 12.4 Å². The lowest BCUT2D eigenvalue weighted by Crippen LogP contribution is -2.03. The van der Waals surface area contributed by atoms with E-state index in [0.717, 1.165) is 12.1 Å². The summed E-state index contributed by atoms with van der Waals surface area (Å²) in [6.07, 6.45) is 0. The highest BCUT2D eigenvalue weighted by molar-refractivity contribution is 9.10. The zero-order valence-corrected chi connectivity index (χ0v) is 12.7. The predicted molar refractivity (Wildman–Crippen MR) is 79.5 cm³/mol. The topological polar surface area (TPSA) is 101 Å². The Bertz CT molecular complexity index is 792. The van der Waals surface area contributed by atoms with Crippen LogP contribution in [0.15, 0.2) is 28.9 Å². The molecule has 0 aliphatic heterocycles. The van der Waals surface area contributed by atoms with Gasteiger partial charge < -0.3 is 10.1 Å². The van der Waals surface area contributed by atoms with Gasteiger partial charge in [0.1, 0.15) is 27.8 Å². The van der Waals surface area contributed by atoms with E-state index in [1.54, 1.807) is 0 Å². The van der Waals surface area contributed by atoms with Gasteiger partial charge in [0.25, 0.3) is 0 Å². The largest absolute Gasteiger partial charge is 0.495 e. The summed E-state index contributed by atoms with van der Waals surface area (Å²) >= 11 is 3.10. The molecule has 0 aliphatic rings. The molecule has 1 aromatic heterocycles. The van der Waals surface area contributed by atoms with Crippen molar-refractivity contribution in [2.24, 2.45) is 0 Å². The zero-order chi connectivity index (χ0) is 16.3. The maximum Gasteiger partial charge on any atom is 0.311 e. The van der Waals surface area contributed by atoms with E-state index in [9.17, 15) is 19.8 Å². The molecule has 1 heterocycles. The fourth-order valence-corrected chi connectivity index (χ4v) is 2.06. The maximum absolute atomic E-state index is 13.6. The van der Waals surface area contributed by atoms with Crippen LogP contribution in [0.25, 0.3) is 0 Å². The van der Waals surface area contributed by atoms with Gasteiger partial charge in [0.15, 0.2) is 0 Å². The first-order valence-electron chi connectivity index (χ1n) is 5.82. The minimum atomic E-state index is -0.656. The number of methoxy groups -OCH3 is 1. The molecule has 0 spiro atoms. The van der Waals surface area contributed by atoms with Crippen LogP contribution in [0, 0.1) is 27.3 Å². The van der Waals surface area contributed by atoms with Gasteiger partial charge in [-0.3, -0.25) is 10.1 Å². The highest BCUT2D eigenvalue weighted by Crippen LogP contribution is 2.32. The average molecular weight is 367 g/mol. The number of benzene rings is 1. The molecule has 0 atom stereocenters.